The van der Waals surface area contributed by atoms with E-state index in [0.29, 0.717) is 5.02 Å². The number of hydrogen-bond acceptors (Lipinski definition) is 4. The second-order valence-electron chi connectivity index (χ2n) is 7.29. The van der Waals surface area contributed by atoms with Gasteiger partial charge in [-0.25, -0.2) is 8.42 Å². The van der Waals surface area contributed by atoms with Gasteiger partial charge in [0.15, 0.2) is 0 Å². The molecule has 2 N–H and O–H groups in total. The number of sulfonamides is 1. The Bertz CT molecular complexity index is 1350. The van der Waals surface area contributed by atoms with Crippen LogP contribution in [0, 0.1) is 0 Å². The summed E-state index contributed by atoms with van der Waals surface area (Å²) in [7, 11) is -2.72. The quantitative estimate of drug-likeness (QED) is 0.389. The number of aromatic amines is 1. The molecular weight excluding hydrogens is 448 g/mol. The third-order valence-electron chi connectivity index (χ3n) is 5.22. The van der Waals surface area contributed by atoms with Crippen molar-refractivity contribution < 1.29 is 17.9 Å². The van der Waals surface area contributed by atoms with Gasteiger partial charge in [0.2, 0.25) is 10.0 Å². The number of fused-ring (bicyclic) bond motifs is 1. The molecule has 32 heavy (non-hydrogen) atoms. The van der Waals surface area contributed by atoms with Crippen LogP contribution in [0.3, 0.4) is 0 Å². The number of halogens is 1. The van der Waals surface area contributed by atoms with E-state index in [-0.39, 0.29) is 11.3 Å². The van der Waals surface area contributed by atoms with Crippen LogP contribution in [0.2, 0.25) is 5.02 Å². The highest BCUT2D eigenvalue weighted by Crippen LogP contribution is 2.24. The summed E-state index contributed by atoms with van der Waals surface area (Å²) in [6.07, 6.45) is 1.93. The van der Waals surface area contributed by atoms with E-state index in [1.54, 1.807) is 30.5 Å². The normalized spacial score (nSPS) is 12.6. The van der Waals surface area contributed by atoms with Gasteiger partial charge in [0, 0.05) is 28.5 Å². The molecule has 6 nitrogen and oxygen atoms in total. The summed E-state index contributed by atoms with van der Waals surface area (Å²) >= 11 is 5.93. The van der Waals surface area contributed by atoms with E-state index in [0.717, 1.165) is 27.6 Å². The number of H-pyrrole nitrogens is 1. The minimum absolute atomic E-state index is 0.0584. The van der Waals surface area contributed by atoms with Gasteiger partial charge in [-0.2, -0.15) is 4.72 Å². The molecule has 0 radical (unpaired) electrons. The van der Waals surface area contributed by atoms with Crippen molar-refractivity contribution in [2.75, 3.05) is 7.11 Å². The monoisotopic (exact) mass is 468 g/mol. The Kier molecular flexibility index (Phi) is 6.32. The zero-order valence-electron chi connectivity index (χ0n) is 17.2. The Hall–Kier alpha value is -3.13. The lowest BCUT2D eigenvalue weighted by Gasteiger charge is -2.17. The Morgan fingerprint density at radius 2 is 1.62 bits per heavy atom. The fourth-order valence-corrected chi connectivity index (χ4v) is 4.87. The molecule has 0 spiro atoms. The van der Waals surface area contributed by atoms with E-state index >= 15 is 0 Å². The highest BCUT2D eigenvalue weighted by Gasteiger charge is 2.27. The first kappa shape index (κ1) is 22.1. The van der Waals surface area contributed by atoms with Crippen molar-refractivity contribution in [3.05, 3.63) is 89.6 Å². The Balaban J connectivity index is 1.57. The molecule has 0 amide bonds. The maximum Gasteiger partial charge on any atom is 0.324 e. The number of hydrogen-bond donors (Lipinski definition) is 2. The van der Waals surface area contributed by atoms with Crippen LogP contribution in [-0.4, -0.2) is 32.5 Å². The molecular formula is C24H21ClN2O4S. The molecule has 0 saturated heterocycles. The third kappa shape index (κ3) is 4.70. The average molecular weight is 469 g/mol. The first-order valence-corrected chi connectivity index (χ1v) is 11.7. The van der Waals surface area contributed by atoms with Gasteiger partial charge >= 0.3 is 5.97 Å². The van der Waals surface area contributed by atoms with Crippen LogP contribution in [-0.2, 0) is 26.0 Å². The van der Waals surface area contributed by atoms with Crippen molar-refractivity contribution in [3.63, 3.8) is 0 Å². The van der Waals surface area contributed by atoms with Gasteiger partial charge in [0.05, 0.1) is 12.0 Å². The summed E-state index contributed by atoms with van der Waals surface area (Å²) in [6, 6.07) is 20.3. The van der Waals surface area contributed by atoms with Crippen LogP contribution in [0.1, 0.15) is 5.56 Å². The zero-order valence-corrected chi connectivity index (χ0v) is 18.8. The van der Waals surface area contributed by atoms with Crippen LogP contribution in [0.4, 0.5) is 0 Å². The van der Waals surface area contributed by atoms with Crippen molar-refractivity contribution >= 4 is 38.5 Å². The molecule has 1 heterocycles. The topological polar surface area (TPSA) is 88.3 Å². The minimum Gasteiger partial charge on any atom is -0.468 e. The molecule has 0 aliphatic carbocycles. The van der Waals surface area contributed by atoms with Crippen molar-refractivity contribution in [2.24, 2.45) is 0 Å². The summed E-state index contributed by atoms with van der Waals surface area (Å²) in [4.78, 5) is 15.6. The average Bonchev–Trinajstić information content (AvgIpc) is 3.21. The SMILES string of the molecule is COC(=O)[C@@H](Cc1c[nH]c2ccccc12)NS(=O)(=O)c1ccc(-c2ccc(Cl)cc2)cc1. The van der Waals surface area contributed by atoms with Crippen LogP contribution in [0.5, 0.6) is 0 Å². The molecule has 8 heteroatoms. The zero-order chi connectivity index (χ0) is 22.7. The molecule has 0 unspecified atom stereocenters. The largest absolute Gasteiger partial charge is 0.468 e. The van der Waals surface area contributed by atoms with Gasteiger partial charge in [-0.15, -0.1) is 0 Å². The Morgan fingerprint density at radius 1 is 1.00 bits per heavy atom. The van der Waals surface area contributed by atoms with Crippen LogP contribution in [0.25, 0.3) is 22.0 Å². The molecule has 0 aliphatic heterocycles. The number of benzene rings is 3. The third-order valence-corrected chi connectivity index (χ3v) is 6.96. The summed E-state index contributed by atoms with van der Waals surface area (Å²) in [5.74, 6) is -0.656. The van der Waals surface area contributed by atoms with Gasteiger partial charge in [0.25, 0.3) is 0 Å². The van der Waals surface area contributed by atoms with Crippen molar-refractivity contribution in [3.8, 4) is 11.1 Å². The van der Waals surface area contributed by atoms with E-state index < -0.39 is 22.0 Å². The van der Waals surface area contributed by atoms with E-state index in [4.69, 9.17) is 16.3 Å². The van der Waals surface area contributed by atoms with Gasteiger partial charge in [-0.05, 0) is 47.0 Å². The number of methoxy groups -OCH3 is 1. The molecule has 1 atom stereocenters. The lowest BCUT2D eigenvalue weighted by molar-refractivity contribution is -0.142. The molecule has 0 bridgehead atoms. The maximum atomic E-state index is 13.0. The van der Waals surface area contributed by atoms with Crippen LogP contribution < -0.4 is 4.72 Å². The number of ether oxygens (including phenoxy) is 1. The fraction of sp³-hybridized carbons (Fsp3) is 0.125. The predicted molar refractivity (Wildman–Crippen MR) is 125 cm³/mol. The molecule has 4 rings (SSSR count). The van der Waals surface area contributed by atoms with Gasteiger partial charge in [-0.1, -0.05) is 54.1 Å². The Morgan fingerprint density at radius 3 is 2.28 bits per heavy atom. The smallest absolute Gasteiger partial charge is 0.324 e. The lowest BCUT2D eigenvalue weighted by atomic mass is 10.1. The van der Waals surface area contributed by atoms with Crippen LogP contribution >= 0.6 is 11.6 Å². The van der Waals surface area contributed by atoms with E-state index in [2.05, 4.69) is 9.71 Å². The number of nitrogens with one attached hydrogen (secondary N) is 2. The fourth-order valence-electron chi connectivity index (χ4n) is 3.56. The van der Waals surface area contributed by atoms with E-state index in [1.807, 2.05) is 36.4 Å². The summed E-state index contributed by atoms with van der Waals surface area (Å²) in [6.45, 7) is 0. The number of carbonyl (C=O) groups excluding carboxylic acids is 1. The predicted octanol–water partition coefficient (Wildman–Crippen LogP) is 4.55. The highest BCUT2D eigenvalue weighted by atomic mass is 35.5. The molecule has 164 valence electrons. The number of carbonyl (C=O) groups is 1. The molecule has 1 aromatic heterocycles. The maximum absolute atomic E-state index is 13.0. The molecule has 0 aliphatic rings. The van der Waals surface area contributed by atoms with Crippen molar-refractivity contribution in [1.82, 2.24) is 9.71 Å². The Labute approximate surface area is 191 Å². The second-order valence-corrected chi connectivity index (χ2v) is 9.44. The minimum atomic E-state index is -3.96. The lowest BCUT2D eigenvalue weighted by Crippen LogP contribution is -2.42. The molecule has 0 saturated carbocycles. The molecule has 0 fully saturated rings. The van der Waals surface area contributed by atoms with E-state index in [9.17, 15) is 13.2 Å². The summed E-state index contributed by atoms with van der Waals surface area (Å²) in [5.41, 5.74) is 3.49. The number of aromatic nitrogens is 1. The number of para-hydroxylation sites is 1. The first-order valence-electron chi connectivity index (χ1n) is 9.88. The van der Waals surface area contributed by atoms with Crippen molar-refractivity contribution in [2.45, 2.75) is 17.4 Å². The number of esters is 1. The van der Waals surface area contributed by atoms with Gasteiger partial charge in [0.1, 0.15) is 6.04 Å². The highest BCUT2D eigenvalue weighted by molar-refractivity contribution is 7.89. The standard InChI is InChI=1S/C24H21ClN2O4S/c1-31-24(28)23(14-18-15-26-22-5-3-2-4-21(18)22)27-32(29,30)20-12-8-17(9-13-20)16-6-10-19(25)11-7-16/h2-13,15,23,26-27H,14H2,1H3/t23-/m1/s1. The van der Waals surface area contributed by atoms with Crippen LogP contribution in [0.15, 0.2) is 83.9 Å². The summed E-state index contributed by atoms with van der Waals surface area (Å²) in [5, 5.41) is 1.55. The van der Waals surface area contributed by atoms with Gasteiger partial charge in [-0.3, -0.25) is 4.79 Å². The first-order chi connectivity index (χ1) is 15.4. The molecule has 4 aromatic rings. The van der Waals surface area contributed by atoms with Crippen molar-refractivity contribution in [1.29, 1.82) is 0 Å². The molecule has 3 aromatic carbocycles. The second kappa shape index (κ2) is 9.16. The van der Waals surface area contributed by atoms with E-state index in [1.165, 1.54) is 19.2 Å². The number of rotatable bonds is 7. The summed E-state index contributed by atoms with van der Waals surface area (Å²) < 4.78 is 33.4. The van der Waals surface area contributed by atoms with Gasteiger partial charge < -0.3 is 9.72 Å².